The van der Waals surface area contributed by atoms with Crippen molar-refractivity contribution in [1.82, 2.24) is 9.88 Å². The fourth-order valence-electron chi connectivity index (χ4n) is 3.55. The number of hydrogen-bond acceptors (Lipinski definition) is 1. The number of rotatable bonds is 10. The summed E-state index contributed by atoms with van der Waals surface area (Å²) in [6.07, 6.45) is 8.15. The molecule has 0 saturated carbocycles. The first-order valence-corrected chi connectivity index (χ1v) is 10.1. The van der Waals surface area contributed by atoms with Gasteiger partial charge in [-0.15, -0.1) is 0 Å². The highest BCUT2D eigenvalue weighted by atomic mass is 16.2. The molecule has 1 N–H and O–H groups in total. The lowest BCUT2D eigenvalue weighted by Gasteiger charge is -2.23. The van der Waals surface area contributed by atoms with E-state index in [0.717, 1.165) is 31.3 Å². The molecule has 0 aliphatic carbocycles. The number of benzene rings is 2. The first-order valence-electron chi connectivity index (χ1n) is 10.1. The highest BCUT2D eigenvalue weighted by molar-refractivity contribution is 5.83. The zero-order chi connectivity index (χ0) is 18.9. The molecule has 3 aromatic rings. The van der Waals surface area contributed by atoms with Gasteiger partial charge in [-0.1, -0.05) is 74.7 Å². The Morgan fingerprint density at radius 2 is 1.74 bits per heavy atom. The number of aromatic nitrogens is 1. The first kappa shape index (κ1) is 19.2. The Labute approximate surface area is 162 Å². The summed E-state index contributed by atoms with van der Waals surface area (Å²) in [6.45, 7) is 3.64. The van der Waals surface area contributed by atoms with Crippen LogP contribution in [0, 0.1) is 0 Å². The van der Waals surface area contributed by atoms with Gasteiger partial charge in [-0.05, 0) is 30.0 Å². The van der Waals surface area contributed by atoms with Gasteiger partial charge in [0.15, 0.2) is 0 Å². The third-order valence-electron chi connectivity index (χ3n) is 5.14. The fourth-order valence-corrected chi connectivity index (χ4v) is 3.55. The summed E-state index contributed by atoms with van der Waals surface area (Å²) in [7, 11) is 0. The van der Waals surface area contributed by atoms with Crippen molar-refractivity contribution in [3.63, 3.8) is 0 Å². The predicted octanol–water partition coefficient (Wildman–Crippen LogP) is 5.71. The Morgan fingerprint density at radius 3 is 2.56 bits per heavy atom. The summed E-state index contributed by atoms with van der Waals surface area (Å²) in [6, 6.07) is 18.7. The molecule has 0 fully saturated rings. The predicted molar refractivity (Wildman–Crippen MR) is 113 cm³/mol. The Hall–Kier alpha value is -2.55. The SMILES string of the molecule is CCCCCCC(=O)N(CCc1c[nH]c2ccccc12)Cc1ccccc1. The zero-order valence-corrected chi connectivity index (χ0v) is 16.3. The van der Waals surface area contributed by atoms with Crippen molar-refractivity contribution in [2.24, 2.45) is 0 Å². The molecule has 1 amide bonds. The van der Waals surface area contributed by atoms with E-state index in [1.54, 1.807) is 0 Å². The number of carbonyl (C=O) groups excluding carboxylic acids is 1. The number of carbonyl (C=O) groups is 1. The second kappa shape index (κ2) is 9.96. The maximum atomic E-state index is 12.9. The maximum absolute atomic E-state index is 12.9. The summed E-state index contributed by atoms with van der Waals surface area (Å²) in [5.41, 5.74) is 3.63. The molecule has 0 saturated heterocycles. The quantitative estimate of drug-likeness (QED) is 0.461. The second-order valence-corrected chi connectivity index (χ2v) is 7.22. The monoisotopic (exact) mass is 362 g/mol. The maximum Gasteiger partial charge on any atom is 0.222 e. The molecule has 0 radical (unpaired) electrons. The summed E-state index contributed by atoms with van der Waals surface area (Å²) in [4.78, 5) is 18.2. The smallest absolute Gasteiger partial charge is 0.222 e. The molecule has 3 rings (SSSR count). The molecule has 0 unspecified atom stereocenters. The van der Waals surface area contributed by atoms with Crippen LogP contribution in [0.4, 0.5) is 0 Å². The summed E-state index contributed by atoms with van der Waals surface area (Å²) < 4.78 is 0. The second-order valence-electron chi connectivity index (χ2n) is 7.22. The molecule has 142 valence electrons. The van der Waals surface area contributed by atoms with Crippen molar-refractivity contribution in [3.05, 3.63) is 71.9 Å². The molecular formula is C24H30N2O. The number of aromatic amines is 1. The van der Waals surface area contributed by atoms with Crippen LogP contribution in [-0.2, 0) is 17.8 Å². The number of para-hydroxylation sites is 1. The fraction of sp³-hybridized carbons (Fsp3) is 0.375. The van der Waals surface area contributed by atoms with Crippen molar-refractivity contribution >= 4 is 16.8 Å². The number of hydrogen-bond donors (Lipinski definition) is 1. The summed E-state index contributed by atoms with van der Waals surface area (Å²) >= 11 is 0. The average molecular weight is 363 g/mol. The van der Waals surface area contributed by atoms with Gasteiger partial charge in [0.1, 0.15) is 0 Å². The molecule has 2 aromatic carbocycles. The zero-order valence-electron chi connectivity index (χ0n) is 16.3. The van der Waals surface area contributed by atoms with Crippen molar-refractivity contribution in [2.45, 2.75) is 52.0 Å². The number of H-pyrrole nitrogens is 1. The molecule has 3 nitrogen and oxygen atoms in total. The topological polar surface area (TPSA) is 36.1 Å². The third kappa shape index (κ3) is 5.46. The van der Waals surface area contributed by atoms with E-state index in [9.17, 15) is 4.79 Å². The van der Waals surface area contributed by atoms with Crippen molar-refractivity contribution < 1.29 is 4.79 Å². The van der Waals surface area contributed by atoms with Crippen LogP contribution in [0.2, 0.25) is 0 Å². The highest BCUT2D eigenvalue weighted by Crippen LogP contribution is 2.19. The van der Waals surface area contributed by atoms with Crippen molar-refractivity contribution in [1.29, 1.82) is 0 Å². The van der Waals surface area contributed by atoms with Crippen LogP contribution in [0.1, 0.15) is 50.2 Å². The first-order chi connectivity index (χ1) is 13.3. The normalized spacial score (nSPS) is 11.0. The minimum atomic E-state index is 0.273. The number of unbranched alkanes of at least 4 members (excludes halogenated alkanes) is 3. The van der Waals surface area contributed by atoms with Gasteiger partial charge in [0.25, 0.3) is 0 Å². The molecule has 3 heteroatoms. The molecule has 0 bridgehead atoms. The van der Waals surface area contributed by atoms with E-state index in [1.807, 2.05) is 29.2 Å². The van der Waals surface area contributed by atoms with Crippen LogP contribution in [0.5, 0.6) is 0 Å². The Morgan fingerprint density at radius 1 is 0.963 bits per heavy atom. The van der Waals surface area contributed by atoms with E-state index in [2.05, 4.69) is 48.4 Å². The van der Waals surface area contributed by atoms with E-state index in [4.69, 9.17) is 0 Å². The summed E-state index contributed by atoms with van der Waals surface area (Å²) in [5.74, 6) is 0.273. The van der Waals surface area contributed by atoms with Crippen LogP contribution in [0.15, 0.2) is 60.8 Å². The van der Waals surface area contributed by atoms with E-state index in [0.29, 0.717) is 13.0 Å². The lowest BCUT2D eigenvalue weighted by molar-refractivity contribution is -0.131. The number of fused-ring (bicyclic) bond motifs is 1. The number of nitrogens with one attached hydrogen (secondary N) is 1. The lowest BCUT2D eigenvalue weighted by atomic mass is 10.1. The molecule has 1 aromatic heterocycles. The van der Waals surface area contributed by atoms with E-state index in [-0.39, 0.29) is 5.91 Å². The molecule has 0 aliphatic heterocycles. The van der Waals surface area contributed by atoms with Gasteiger partial charge >= 0.3 is 0 Å². The van der Waals surface area contributed by atoms with E-state index >= 15 is 0 Å². The van der Waals surface area contributed by atoms with Gasteiger partial charge in [0, 0.05) is 36.6 Å². The Balaban J connectivity index is 1.66. The molecular weight excluding hydrogens is 332 g/mol. The highest BCUT2D eigenvalue weighted by Gasteiger charge is 2.15. The number of nitrogens with zero attached hydrogens (tertiary/aromatic N) is 1. The van der Waals surface area contributed by atoms with Gasteiger partial charge in [-0.2, -0.15) is 0 Å². The van der Waals surface area contributed by atoms with Crippen LogP contribution < -0.4 is 0 Å². The molecule has 0 atom stereocenters. The van der Waals surface area contributed by atoms with Crippen LogP contribution in [-0.4, -0.2) is 22.3 Å². The van der Waals surface area contributed by atoms with Gasteiger partial charge < -0.3 is 9.88 Å². The lowest BCUT2D eigenvalue weighted by Crippen LogP contribution is -2.32. The third-order valence-corrected chi connectivity index (χ3v) is 5.14. The average Bonchev–Trinajstić information content (AvgIpc) is 3.12. The largest absolute Gasteiger partial charge is 0.361 e. The molecule has 27 heavy (non-hydrogen) atoms. The van der Waals surface area contributed by atoms with Crippen molar-refractivity contribution in [3.8, 4) is 0 Å². The van der Waals surface area contributed by atoms with E-state index in [1.165, 1.54) is 29.4 Å². The summed E-state index contributed by atoms with van der Waals surface area (Å²) in [5, 5.41) is 1.26. The minimum Gasteiger partial charge on any atom is -0.361 e. The van der Waals surface area contributed by atoms with Gasteiger partial charge in [0.05, 0.1) is 0 Å². The van der Waals surface area contributed by atoms with Gasteiger partial charge in [-0.3, -0.25) is 4.79 Å². The minimum absolute atomic E-state index is 0.273. The van der Waals surface area contributed by atoms with Crippen LogP contribution in [0.25, 0.3) is 10.9 Å². The standard InChI is InChI=1S/C24H30N2O/c1-2-3-4-8-15-24(27)26(19-20-11-6-5-7-12-20)17-16-21-18-25-23-14-10-9-13-22(21)23/h5-7,9-14,18,25H,2-4,8,15-17,19H2,1H3. The van der Waals surface area contributed by atoms with E-state index < -0.39 is 0 Å². The molecule has 1 heterocycles. The Bertz CT molecular complexity index is 838. The Kier molecular flexibility index (Phi) is 7.09. The van der Waals surface area contributed by atoms with Gasteiger partial charge in [0.2, 0.25) is 5.91 Å². The van der Waals surface area contributed by atoms with Gasteiger partial charge in [-0.25, -0.2) is 0 Å². The molecule has 0 aliphatic rings. The van der Waals surface area contributed by atoms with Crippen LogP contribution >= 0.6 is 0 Å². The molecule has 0 spiro atoms. The number of amides is 1. The van der Waals surface area contributed by atoms with Crippen molar-refractivity contribution in [2.75, 3.05) is 6.54 Å². The van der Waals surface area contributed by atoms with Crippen LogP contribution in [0.3, 0.4) is 0 Å².